The van der Waals surface area contributed by atoms with Gasteiger partial charge in [-0.15, -0.1) is 0 Å². The Labute approximate surface area is 146 Å². The number of amides is 1. The number of aryl methyl sites for hydroxylation is 1. The first-order chi connectivity index (χ1) is 11.9. The van der Waals surface area contributed by atoms with Gasteiger partial charge < -0.3 is 5.32 Å². The number of nitrogens with zero attached hydrogens (tertiary/aromatic N) is 2. The van der Waals surface area contributed by atoms with Crippen LogP contribution < -0.4 is 10.9 Å². The summed E-state index contributed by atoms with van der Waals surface area (Å²) in [4.78, 5) is 24.0. The minimum absolute atomic E-state index is 0.0359. The summed E-state index contributed by atoms with van der Waals surface area (Å²) in [5.74, 6) is -0.716. The van der Waals surface area contributed by atoms with Gasteiger partial charge >= 0.3 is 0 Å². The van der Waals surface area contributed by atoms with Gasteiger partial charge in [0, 0.05) is 19.2 Å². The molecule has 2 rings (SSSR count). The van der Waals surface area contributed by atoms with Crippen LogP contribution in [0.5, 0.6) is 0 Å². The van der Waals surface area contributed by atoms with E-state index in [2.05, 4.69) is 10.4 Å². The van der Waals surface area contributed by atoms with Gasteiger partial charge in [-0.05, 0) is 24.6 Å². The molecular weight excluding hydrogens is 342 g/mol. The van der Waals surface area contributed by atoms with Crippen molar-refractivity contribution in [1.29, 1.82) is 0 Å². The van der Waals surface area contributed by atoms with Gasteiger partial charge in [-0.25, -0.2) is 13.1 Å². The maximum atomic E-state index is 12.2. The second-order valence-electron chi connectivity index (χ2n) is 5.52. The molecule has 0 spiro atoms. The molecule has 1 N–H and O–H groups in total. The fourth-order valence-corrected chi connectivity index (χ4v) is 3.35. The van der Waals surface area contributed by atoms with Crippen LogP contribution in [0.3, 0.4) is 0 Å². The maximum Gasteiger partial charge on any atom is 0.271 e. The molecule has 2 aromatic rings. The monoisotopic (exact) mass is 363 g/mol. The molecule has 0 saturated carbocycles. The molecule has 1 heterocycles. The number of carbonyl (C=O) groups is 1. The van der Waals surface area contributed by atoms with E-state index in [4.69, 9.17) is 0 Å². The van der Waals surface area contributed by atoms with Crippen LogP contribution >= 0.6 is 0 Å². The molecule has 0 fully saturated rings. The second-order valence-corrected chi connectivity index (χ2v) is 7.63. The zero-order chi connectivity index (χ0) is 18.3. The van der Waals surface area contributed by atoms with Crippen LogP contribution in [-0.4, -0.2) is 36.4 Å². The van der Waals surface area contributed by atoms with Crippen LogP contribution in [0, 0.1) is 0 Å². The van der Waals surface area contributed by atoms with Gasteiger partial charge in [-0.1, -0.05) is 31.5 Å². The number of rotatable bonds is 8. The van der Waals surface area contributed by atoms with Crippen molar-refractivity contribution in [3.05, 3.63) is 58.5 Å². The molecule has 1 amide bonds. The number of hydrogen-bond acceptors (Lipinski definition) is 5. The van der Waals surface area contributed by atoms with Gasteiger partial charge in [0.1, 0.15) is 5.69 Å². The SMILES string of the molecule is CCCCn1nc(C(=O)NCCS(=O)(=O)c2ccccc2)ccc1=O. The standard InChI is InChI=1S/C17H21N3O4S/c1-2-3-12-20-16(21)10-9-15(19-20)17(22)18-11-13-25(23,24)14-7-5-4-6-8-14/h4-10H,2-3,11-13H2,1H3,(H,18,22). The molecule has 0 atom stereocenters. The highest BCUT2D eigenvalue weighted by molar-refractivity contribution is 7.91. The molecule has 0 aliphatic rings. The predicted octanol–water partition coefficient (Wildman–Crippen LogP) is 1.25. The van der Waals surface area contributed by atoms with E-state index in [1.165, 1.54) is 28.9 Å². The average molecular weight is 363 g/mol. The molecule has 0 aliphatic heterocycles. The molecule has 8 heteroatoms. The zero-order valence-electron chi connectivity index (χ0n) is 14.0. The molecule has 0 saturated heterocycles. The number of aromatic nitrogens is 2. The third-order valence-electron chi connectivity index (χ3n) is 3.58. The van der Waals surface area contributed by atoms with Gasteiger partial charge in [-0.3, -0.25) is 9.59 Å². The number of unbranched alkanes of at least 4 members (excludes halogenated alkanes) is 1. The van der Waals surface area contributed by atoms with Crippen LogP contribution in [0.25, 0.3) is 0 Å². The highest BCUT2D eigenvalue weighted by Crippen LogP contribution is 2.09. The van der Waals surface area contributed by atoms with Crippen LogP contribution in [0.2, 0.25) is 0 Å². The number of carbonyl (C=O) groups excluding carboxylic acids is 1. The van der Waals surface area contributed by atoms with Crippen molar-refractivity contribution in [1.82, 2.24) is 15.1 Å². The summed E-state index contributed by atoms with van der Waals surface area (Å²) in [6.45, 7) is 2.40. The van der Waals surface area contributed by atoms with Crippen LogP contribution in [0.15, 0.2) is 52.2 Å². The summed E-state index contributed by atoms with van der Waals surface area (Å²) in [6.07, 6.45) is 1.69. The van der Waals surface area contributed by atoms with Gasteiger partial charge in [0.05, 0.1) is 10.6 Å². The van der Waals surface area contributed by atoms with Gasteiger partial charge in [0.15, 0.2) is 9.84 Å². The van der Waals surface area contributed by atoms with E-state index < -0.39 is 15.7 Å². The molecule has 0 aliphatic carbocycles. The fourth-order valence-electron chi connectivity index (χ4n) is 2.17. The number of benzene rings is 1. The Bertz CT molecular complexity index is 876. The topological polar surface area (TPSA) is 98.1 Å². The largest absolute Gasteiger partial charge is 0.350 e. The number of nitrogens with one attached hydrogen (secondary N) is 1. The van der Waals surface area contributed by atoms with Crippen molar-refractivity contribution in [2.24, 2.45) is 0 Å². The van der Waals surface area contributed by atoms with E-state index in [1.807, 2.05) is 6.92 Å². The van der Waals surface area contributed by atoms with Crippen molar-refractivity contribution < 1.29 is 13.2 Å². The Hall–Kier alpha value is -2.48. The molecule has 0 radical (unpaired) electrons. The Balaban J connectivity index is 1.98. The Kier molecular flexibility index (Phi) is 6.46. The molecule has 1 aromatic heterocycles. The Morgan fingerprint density at radius 2 is 1.88 bits per heavy atom. The molecule has 0 unspecified atom stereocenters. The van der Waals surface area contributed by atoms with Crippen molar-refractivity contribution in [2.75, 3.05) is 12.3 Å². The summed E-state index contributed by atoms with van der Waals surface area (Å²) in [5.41, 5.74) is -0.176. The minimum atomic E-state index is -3.46. The van der Waals surface area contributed by atoms with Crippen LogP contribution in [0.1, 0.15) is 30.3 Å². The number of sulfone groups is 1. The molecule has 134 valence electrons. The first-order valence-corrected chi connectivity index (χ1v) is 9.73. The van der Waals surface area contributed by atoms with Crippen LogP contribution in [-0.2, 0) is 16.4 Å². The summed E-state index contributed by atoms with van der Waals surface area (Å²) >= 11 is 0. The maximum absolute atomic E-state index is 12.2. The van der Waals surface area contributed by atoms with E-state index in [0.29, 0.717) is 6.54 Å². The van der Waals surface area contributed by atoms with Crippen molar-refractivity contribution in [3.63, 3.8) is 0 Å². The van der Waals surface area contributed by atoms with Crippen molar-refractivity contribution >= 4 is 15.7 Å². The van der Waals surface area contributed by atoms with Crippen LogP contribution in [0.4, 0.5) is 0 Å². The van der Waals surface area contributed by atoms with E-state index >= 15 is 0 Å². The van der Waals surface area contributed by atoms with Crippen molar-refractivity contribution in [2.45, 2.75) is 31.2 Å². The normalized spacial score (nSPS) is 11.2. The Morgan fingerprint density at radius 3 is 2.56 bits per heavy atom. The van der Waals surface area contributed by atoms with E-state index in [9.17, 15) is 18.0 Å². The molecule has 25 heavy (non-hydrogen) atoms. The molecule has 1 aromatic carbocycles. The summed E-state index contributed by atoms with van der Waals surface area (Å²) in [7, 11) is -3.46. The van der Waals surface area contributed by atoms with Crippen molar-refractivity contribution in [3.8, 4) is 0 Å². The summed E-state index contributed by atoms with van der Waals surface area (Å²) < 4.78 is 25.6. The molecule has 0 bridgehead atoms. The van der Waals surface area contributed by atoms with E-state index in [1.54, 1.807) is 18.2 Å². The van der Waals surface area contributed by atoms with Gasteiger partial charge in [-0.2, -0.15) is 5.10 Å². The lowest BCUT2D eigenvalue weighted by Gasteiger charge is -2.08. The van der Waals surface area contributed by atoms with E-state index in [-0.39, 0.29) is 28.4 Å². The first-order valence-electron chi connectivity index (χ1n) is 8.08. The predicted molar refractivity (Wildman–Crippen MR) is 94.2 cm³/mol. The highest BCUT2D eigenvalue weighted by Gasteiger charge is 2.15. The smallest absolute Gasteiger partial charge is 0.271 e. The lowest BCUT2D eigenvalue weighted by molar-refractivity contribution is 0.0948. The highest BCUT2D eigenvalue weighted by atomic mass is 32.2. The third kappa shape index (κ3) is 5.25. The number of hydrogen-bond donors (Lipinski definition) is 1. The first kappa shape index (κ1) is 18.9. The molecule has 7 nitrogen and oxygen atoms in total. The average Bonchev–Trinajstić information content (AvgIpc) is 2.61. The third-order valence-corrected chi connectivity index (χ3v) is 5.31. The minimum Gasteiger partial charge on any atom is -0.350 e. The quantitative estimate of drug-likeness (QED) is 0.761. The Morgan fingerprint density at radius 1 is 1.16 bits per heavy atom. The van der Waals surface area contributed by atoms with Gasteiger partial charge in [0.25, 0.3) is 11.5 Å². The fraction of sp³-hybridized carbons (Fsp3) is 0.353. The second kappa shape index (κ2) is 8.57. The summed E-state index contributed by atoms with van der Waals surface area (Å²) in [6, 6.07) is 10.7. The summed E-state index contributed by atoms with van der Waals surface area (Å²) in [5, 5.41) is 6.56. The van der Waals surface area contributed by atoms with E-state index in [0.717, 1.165) is 12.8 Å². The zero-order valence-corrected chi connectivity index (χ0v) is 14.8. The molecular formula is C17H21N3O4S. The lowest BCUT2D eigenvalue weighted by atomic mass is 10.3. The van der Waals surface area contributed by atoms with Gasteiger partial charge in [0.2, 0.25) is 0 Å². The lowest BCUT2D eigenvalue weighted by Crippen LogP contribution is -2.32.